The van der Waals surface area contributed by atoms with Crippen molar-refractivity contribution in [2.75, 3.05) is 64.3 Å². The number of hydrogen-bond acceptors (Lipinski definition) is 8. The number of rotatable bonds is 20. The van der Waals surface area contributed by atoms with Gasteiger partial charge in [0.2, 0.25) is 13.7 Å². The Morgan fingerprint density at radius 2 is 0.886 bits per heavy atom. The van der Waals surface area contributed by atoms with Crippen LogP contribution in [0.5, 0.6) is 0 Å². The third-order valence-corrected chi connectivity index (χ3v) is 8.21. The smallest absolute Gasteiger partial charge is 0.344 e. The topological polar surface area (TPSA) is 257 Å². The molecule has 0 aliphatic carbocycles. The van der Waals surface area contributed by atoms with Crippen molar-refractivity contribution < 1.29 is 62.0 Å². The zero-order valence-electron chi connectivity index (χ0n) is 19.4. The Morgan fingerprint density at radius 1 is 0.571 bits per heavy atom. The monoisotopic (exact) mass is 610 g/mol. The van der Waals surface area contributed by atoms with Crippen LogP contribution in [0.2, 0.25) is 0 Å². The highest BCUT2D eigenvalue weighted by molar-refractivity contribution is 7.57. The number of unbranched alkanes of at least 4 members (excludes halogenated alkanes) is 2. The van der Waals surface area contributed by atoms with E-state index < -0.39 is 69.6 Å². The van der Waals surface area contributed by atoms with Crippen LogP contribution in [-0.2, 0) is 22.8 Å². The van der Waals surface area contributed by atoms with Crippen molar-refractivity contribution in [3.8, 4) is 0 Å². The first-order valence-electron chi connectivity index (χ1n) is 10.4. The molecule has 0 saturated heterocycles. The van der Waals surface area contributed by atoms with E-state index in [4.69, 9.17) is 24.5 Å². The maximum atomic E-state index is 11.6. The largest absolute Gasteiger partial charge is 0.521 e. The molecule has 16 nitrogen and oxygen atoms in total. The van der Waals surface area contributed by atoms with Crippen molar-refractivity contribution in [1.29, 1.82) is 0 Å². The fraction of sp³-hybridized carbons (Fsp3) is 1.00. The van der Waals surface area contributed by atoms with Gasteiger partial charge in [0.1, 0.15) is 18.9 Å². The molecule has 0 aromatic rings. The fourth-order valence-corrected chi connectivity index (χ4v) is 7.50. The maximum absolute atomic E-state index is 11.6. The summed E-state index contributed by atoms with van der Waals surface area (Å²) in [5, 5.41) is 0. The minimum Gasteiger partial charge on any atom is -0.344 e. The van der Waals surface area contributed by atoms with Gasteiger partial charge in [0.25, 0.3) is 0 Å². The Morgan fingerprint density at radius 3 is 1.23 bits per heavy atom. The van der Waals surface area contributed by atoms with Crippen LogP contribution in [0.4, 0.5) is 0 Å². The van der Waals surface area contributed by atoms with Crippen LogP contribution in [0.1, 0.15) is 25.7 Å². The van der Waals surface area contributed by atoms with Gasteiger partial charge < -0.3 is 34.3 Å². The summed E-state index contributed by atoms with van der Waals surface area (Å²) in [6.45, 7) is 1.68. The molecule has 0 aliphatic rings. The van der Waals surface area contributed by atoms with Crippen molar-refractivity contribution >= 4 is 38.2 Å². The van der Waals surface area contributed by atoms with E-state index in [1.807, 2.05) is 0 Å². The lowest BCUT2D eigenvalue weighted by Gasteiger charge is -2.26. The van der Waals surface area contributed by atoms with Crippen molar-refractivity contribution in [1.82, 2.24) is 14.7 Å². The molecule has 0 spiro atoms. The van der Waals surface area contributed by atoms with Crippen LogP contribution in [0, 0.1) is 0 Å². The second-order valence-electron chi connectivity index (χ2n) is 8.43. The van der Waals surface area contributed by atoms with Crippen molar-refractivity contribution in [2.24, 2.45) is 0 Å². The van der Waals surface area contributed by atoms with E-state index in [9.17, 15) is 37.5 Å². The van der Waals surface area contributed by atoms with Gasteiger partial charge in [0, 0.05) is 13.2 Å². The molecule has 0 heterocycles. The van der Waals surface area contributed by atoms with E-state index in [1.165, 1.54) is 9.80 Å². The highest BCUT2D eigenvalue weighted by Crippen LogP contribution is 2.41. The van der Waals surface area contributed by atoms with Gasteiger partial charge in [-0.05, 0) is 49.9 Å². The first-order chi connectivity index (χ1) is 15.7. The molecule has 210 valence electrons. The second kappa shape index (κ2) is 15.9. The molecule has 0 rings (SSSR count). The summed E-state index contributed by atoms with van der Waals surface area (Å²) in [5.74, 6) is 0. The third kappa shape index (κ3) is 24.7. The van der Waals surface area contributed by atoms with Gasteiger partial charge in [-0.3, -0.25) is 28.1 Å². The molecular weight excluding hydrogens is 573 g/mol. The first-order valence-corrected chi connectivity index (χ1v) is 19.5. The zero-order valence-corrected chi connectivity index (χ0v) is 23.9. The first kappa shape index (κ1) is 35.6. The summed E-state index contributed by atoms with van der Waals surface area (Å²) in [6, 6.07) is 0. The normalized spacial score (nSPS) is 15.7. The lowest BCUT2D eigenvalue weighted by atomic mass is 10.2. The molecule has 0 fully saturated rings. The fourth-order valence-electron chi connectivity index (χ4n) is 3.29. The average Bonchev–Trinajstić information content (AvgIpc) is 2.55. The van der Waals surface area contributed by atoms with Gasteiger partial charge in [0.15, 0.2) is 0 Å². The second-order valence-corrected chi connectivity index (χ2v) is 16.6. The minimum atomic E-state index is -4.46. The van der Waals surface area contributed by atoms with E-state index in [1.54, 1.807) is 0 Å². The third-order valence-electron chi connectivity index (χ3n) is 4.33. The molecule has 0 aromatic heterocycles. The standard InChI is InChI=1S/C14H36N3O13P5/c1-32(20,21)11-17(14-35(28,29)30)9-5-3-7-15(12-33(22,23)24)6-2-4-8-16(10-31(18)19)13-34(25,26)27/h2-14H2,1H3,(H7-,18,19,20,21,22,23,24,25,26,27,28,29,30)/p+1. The molecule has 21 heteroatoms. The highest BCUT2D eigenvalue weighted by atomic mass is 31.2. The summed E-state index contributed by atoms with van der Waals surface area (Å²) >= 11 is 0. The Kier molecular flexibility index (Phi) is 16.1. The lowest BCUT2D eigenvalue weighted by molar-refractivity contribution is 0.246. The summed E-state index contributed by atoms with van der Waals surface area (Å²) in [5.41, 5.74) is 0. The van der Waals surface area contributed by atoms with E-state index in [0.29, 0.717) is 25.7 Å². The van der Waals surface area contributed by atoms with Crippen LogP contribution in [-0.4, -0.2) is 118 Å². The van der Waals surface area contributed by atoms with Gasteiger partial charge >= 0.3 is 30.8 Å². The molecule has 8 N–H and O–H groups in total. The average molecular weight is 610 g/mol. The number of hydrogen-bond donors (Lipinski definition) is 8. The van der Waals surface area contributed by atoms with Crippen LogP contribution in [0.25, 0.3) is 0 Å². The van der Waals surface area contributed by atoms with Crippen LogP contribution >= 0.6 is 38.2 Å². The molecular formula is C14H37N3O13P5+. The van der Waals surface area contributed by atoms with Crippen LogP contribution in [0.3, 0.4) is 0 Å². The molecule has 35 heavy (non-hydrogen) atoms. The molecule has 0 aromatic carbocycles. The SMILES string of the molecule is CP(=O)(O)CN(CCCCN(CCCCN(C[P+](=O)O)CP(=O)(O)O)CP(=O)(O)O)CP(=O)(O)O. The maximum Gasteiger partial charge on any atom is 0.521 e. The molecule has 0 bridgehead atoms. The van der Waals surface area contributed by atoms with Gasteiger partial charge in [-0.25, -0.2) is 4.90 Å². The zero-order chi connectivity index (χ0) is 27.5. The predicted molar refractivity (Wildman–Crippen MR) is 129 cm³/mol. The van der Waals surface area contributed by atoms with E-state index in [2.05, 4.69) is 0 Å². The van der Waals surface area contributed by atoms with Gasteiger partial charge in [-0.2, -0.15) is 4.89 Å². The minimum absolute atomic E-state index is 0.0872. The molecule has 0 aliphatic heterocycles. The Hall–Kier alpha value is 0.580. The van der Waals surface area contributed by atoms with Crippen molar-refractivity contribution in [3.63, 3.8) is 0 Å². The van der Waals surface area contributed by atoms with Gasteiger partial charge in [0.05, 0.1) is 6.29 Å². The molecule has 2 unspecified atom stereocenters. The lowest BCUT2D eigenvalue weighted by Crippen LogP contribution is -2.31. The summed E-state index contributed by atoms with van der Waals surface area (Å²) in [7, 11) is -19.5. The van der Waals surface area contributed by atoms with E-state index in [0.717, 1.165) is 11.6 Å². The molecule has 0 radical (unpaired) electrons. The molecule has 0 saturated carbocycles. The Labute approximate surface area is 205 Å². The molecule has 0 amide bonds. The Bertz CT molecular complexity index is 814. The van der Waals surface area contributed by atoms with E-state index >= 15 is 0 Å². The van der Waals surface area contributed by atoms with Gasteiger partial charge in [-0.15, -0.1) is 0 Å². The van der Waals surface area contributed by atoms with Crippen molar-refractivity contribution in [2.45, 2.75) is 25.7 Å². The predicted octanol–water partition coefficient (Wildman–Crippen LogP) is 0.408. The highest BCUT2D eigenvalue weighted by Gasteiger charge is 2.26. The van der Waals surface area contributed by atoms with Crippen LogP contribution < -0.4 is 0 Å². The Balaban J connectivity index is 4.79. The van der Waals surface area contributed by atoms with E-state index in [-0.39, 0.29) is 26.2 Å². The molecule has 2 atom stereocenters. The number of nitrogens with zero attached hydrogens (tertiary/aromatic N) is 3. The summed E-state index contributed by atoms with van der Waals surface area (Å²) < 4.78 is 56.5. The summed E-state index contributed by atoms with van der Waals surface area (Å²) in [6.07, 6.45) is -1.36. The quantitative estimate of drug-likeness (QED) is 0.0686. The summed E-state index contributed by atoms with van der Waals surface area (Å²) in [4.78, 5) is 77.4. The van der Waals surface area contributed by atoms with Crippen molar-refractivity contribution in [3.05, 3.63) is 0 Å². The van der Waals surface area contributed by atoms with Crippen LogP contribution in [0.15, 0.2) is 0 Å². The van der Waals surface area contributed by atoms with Gasteiger partial charge in [-0.1, -0.05) is 0 Å².